The van der Waals surface area contributed by atoms with Crippen LogP contribution in [0.1, 0.15) is 2.85 Å². The van der Waals surface area contributed by atoms with Gasteiger partial charge in [-0.3, -0.25) is 0 Å². The van der Waals surface area contributed by atoms with Crippen molar-refractivity contribution in [3.63, 3.8) is 0 Å². The Bertz CT molecular complexity index is 24.8. The van der Waals surface area contributed by atoms with Crippen molar-refractivity contribution in [2.24, 2.45) is 0 Å². The maximum Gasteiger partial charge on any atom is 1.00 e. The van der Waals surface area contributed by atoms with Crippen molar-refractivity contribution < 1.29 is 140 Å². The molecule has 0 aromatic carbocycles. The van der Waals surface area contributed by atoms with Gasteiger partial charge in [0.25, 0.3) is 0 Å². The van der Waals surface area contributed by atoms with E-state index < -0.39 is 0 Å². The van der Waals surface area contributed by atoms with Crippen LogP contribution in [0.2, 0.25) is 0 Å². The van der Waals surface area contributed by atoms with E-state index in [9.17, 15) is 0 Å². The Morgan fingerprint density at radius 3 is 1.17 bits per heavy atom. The summed E-state index contributed by atoms with van der Waals surface area (Å²) in [5.74, 6) is 0. The van der Waals surface area contributed by atoms with Crippen LogP contribution in [0.4, 0.5) is 0 Å². The molecular formula is CH2CuFeK2N-. The normalized spacial score (nSPS) is 0.333. The molecule has 1 nitrogen and oxygen atoms in total. The van der Waals surface area contributed by atoms with Gasteiger partial charge in [-0.1, -0.05) is 0 Å². The molecule has 0 aliphatic heterocycles. The molecule has 0 N–H and O–H groups in total. The Labute approximate surface area is 147 Å². The van der Waals surface area contributed by atoms with Gasteiger partial charge in [0.05, 0.1) is 0 Å². The molecule has 33 valence electrons. The Hall–Kier alpha value is 3.80. The molecule has 5 heteroatoms. The molecule has 0 spiro atoms. The van der Waals surface area contributed by atoms with Gasteiger partial charge in [0.1, 0.15) is 0 Å². The van der Waals surface area contributed by atoms with Crippen molar-refractivity contribution in [2.75, 3.05) is 0 Å². The summed E-state index contributed by atoms with van der Waals surface area (Å²) >= 11 is 0. The number of hydrogen-bond donors (Lipinski definition) is 0. The summed E-state index contributed by atoms with van der Waals surface area (Å²) in [7, 11) is 0. The first kappa shape index (κ1) is 32.9. The minimum absolute atomic E-state index is 0. The van der Waals surface area contributed by atoms with Crippen LogP contribution in [0.3, 0.4) is 0 Å². The van der Waals surface area contributed by atoms with E-state index >= 15 is 0 Å². The summed E-state index contributed by atoms with van der Waals surface area (Å²) in [4.78, 5) is 0. The summed E-state index contributed by atoms with van der Waals surface area (Å²) in [5, 5.41) is 6.25. The third kappa shape index (κ3) is 25.0. The van der Waals surface area contributed by atoms with Gasteiger partial charge in [-0.2, -0.15) is 0 Å². The monoisotopic (exact) mass is 225 g/mol. The molecule has 0 amide bonds. The summed E-state index contributed by atoms with van der Waals surface area (Å²) in [6, 6.07) is 0. The van der Waals surface area contributed by atoms with Crippen LogP contribution in [-0.2, 0) is 34.1 Å². The maximum absolute atomic E-state index is 6.25. The summed E-state index contributed by atoms with van der Waals surface area (Å²) in [6.45, 7) is 4.75. The molecule has 0 fully saturated rings. The fourth-order valence-electron chi connectivity index (χ4n) is 0. The van der Waals surface area contributed by atoms with Crippen molar-refractivity contribution in [3.05, 3.63) is 6.57 Å². The predicted molar refractivity (Wildman–Crippen MR) is 7.19 cm³/mol. The van der Waals surface area contributed by atoms with Crippen LogP contribution in [0.5, 0.6) is 0 Å². The predicted octanol–water partition coefficient (Wildman–Crippen LogP) is -5.68. The van der Waals surface area contributed by atoms with Gasteiger partial charge >= 0.3 is 103 Å². The number of nitrogens with zero attached hydrogens (tertiary/aromatic N) is 1. The van der Waals surface area contributed by atoms with Gasteiger partial charge in [-0.05, 0) is 0 Å². The molecular weight excluding hydrogens is 224 g/mol. The zero-order valence-electron chi connectivity index (χ0n) is 5.60. The molecule has 0 saturated heterocycles. The minimum atomic E-state index is 0. The zero-order valence-corrected chi connectivity index (χ0v) is 11.9. The number of hydrogen-bond acceptors (Lipinski definition) is 1. The molecule has 0 atom stereocenters. The van der Waals surface area contributed by atoms with Gasteiger partial charge in [-0.25, -0.2) is 0 Å². The zero-order chi connectivity index (χ0) is 2.00. The van der Waals surface area contributed by atoms with Gasteiger partial charge in [0, 0.05) is 34.1 Å². The van der Waals surface area contributed by atoms with Crippen LogP contribution in [-0.4, -0.2) is 0 Å². The number of rotatable bonds is 0. The minimum Gasteiger partial charge on any atom is -1.00 e. The first-order chi connectivity index (χ1) is 1.00. The molecule has 0 aromatic rings. The van der Waals surface area contributed by atoms with E-state index in [1.165, 1.54) is 0 Å². The molecule has 1 radical (unpaired) electrons. The van der Waals surface area contributed by atoms with Gasteiger partial charge < -0.3 is 14.7 Å². The van der Waals surface area contributed by atoms with Crippen LogP contribution in [0, 0.1) is 11.8 Å². The first-order valence-corrected chi connectivity index (χ1v) is 0.224. The Morgan fingerprint density at radius 2 is 1.17 bits per heavy atom. The molecule has 0 bridgehead atoms. The summed E-state index contributed by atoms with van der Waals surface area (Å²) in [6.07, 6.45) is 0. The van der Waals surface area contributed by atoms with E-state index in [1.54, 1.807) is 0 Å². The van der Waals surface area contributed by atoms with Crippen molar-refractivity contribution in [3.8, 4) is 0 Å². The Balaban J connectivity index is -0.000000000333. The molecule has 0 aliphatic rings. The van der Waals surface area contributed by atoms with E-state index in [0.29, 0.717) is 0 Å². The van der Waals surface area contributed by atoms with Crippen LogP contribution < -0.4 is 103 Å². The summed E-state index contributed by atoms with van der Waals surface area (Å²) < 4.78 is 0. The topological polar surface area (TPSA) is 23.8 Å². The molecule has 0 heterocycles. The molecule has 0 unspecified atom stereocenters. The average Bonchev–Trinajstić information content (AvgIpc) is 1.00. The molecule has 0 aromatic heterocycles. The van der Waals surface area contributed by atoms with Crippen LogP contribution in [0.25, 0.3) is 0 Å². The first-order valence-electron chi connectivity index (χ1n) is 0.224. The quantitative estimate of drug-likeness (QED) is 0.298. The average molecular weight is 226 g/mol. The van der Waals surface area contributed by atoms with Crippen molar-refractivity contribution >= 4 is 0 Å². The van der Waals surface area contributed by atoms with Gasteiger partial charge in [0.15, 0.2) is 0 Å². The standard InChI is InChI=1S/CN.Cu.Fe.2K.2H/c1-2;;;;;;/q-1;;;2*+1;2*-1. The van der Waals surface area contributed by atoms with Gasteiger partial charge in [0.2, 0.25) is 0 Å². The fraction of sp³-hybridized carbons (Fsp3) is 0. The third-order valence-corrected chi connectivity index (χ3v) is 0. The van der Waals surface area contributed by atoms with E-state index in [1.807, 2.05) is 0 Å². The molecule has 0 aliphatic carbocycles. The molecule has 0 saturated carbocycles. The van der Waals surface area contributed by atoms with Gasteiger partial charge in [-0.15, -0.1) is 0 Å². The van der Waals surface area contributed by atoms with Crippen LogP contribution >= 0.6 is 0 Å². The van der Waals surface area contributed by atoms with Crippen molar-refractivity contribution in [2.45, 2.75) is 0 Å². The largest absolute Gasteiger partial charge is 1.00 e. The SMILES string of the molecule is [C-]#N.[Cu].[Fe].[H-].[H-].[K+].[K+]. The molecule has 6 heavy (non-hydrogen) atoms. The van der Waals surface area contributed by atoms with E-state index in [4.69, 9.17) is 11.8 Å². The fourth-order valence-corrected chi connectivity index (χ4v) is 0. The van der Waals surface area contributed by atoms with Crippen molar-refractivity contribution in [1.29, 1.82) is 5.26 Å². The van der Waals surface area contributed by atoms with E-state index in [-0.39, 0.29) is 140 Å². The second kappa shape index (κ2) is 37.1. The van der Waals surface area contributed by atoms with Crippen LogP contribution in [0.15, 0.2) is 0 Å². The summed E-state index contributed by atoms with van der Waals surface area (Å²) in [5.41, 5.74) is 0. The smallest absolute Gasteiger partial charge is 1.00 e. The molecule has 0 rings (SSSR count). The Kier molecular flexibility index (Phi) is 203. The second-order valence-corrected chi connectivity index (χ2v) is 0. The Morgan fingerprint density at radius 1 is 1.17 bits per heavy atom. The van der Waals surface area contributed by atoms with E-state index in [0.717, 1.165) is 0 Å². The second-order valence-electron chi connectivity index (χ2n) is 0. The third-order valence-electron chi connectivity index (χ3n) is 0. The van der Waals surface area contributed by atoms with Crippen molar-refractivity contribution in [1.82, 2.24) is 0 Å². The van der Waals surface area contributed by atoms with E-state index in [2.05, 4.69) is 0 Å². The maximum atomic E-state index is 6.25.